The van der Waals surface area contributed by atoms with E-state index in [1.165, 1.54) is 25.0 Å². The molecule has 1 N–H and O–H groups in total. The summed E-state index contributed by atoms with van der Waals surface area (Å²) in [5, 5.41) is 13.6. The number of hydrogen-bond acceptors (Lipinski definition) is 5. The first-order valence-corrected chi connectivity index (χ1v) is 8.99. The molecule has 1 amide bonds. The number of nitrogens with zero attached hydrogens (tertiary/aromatic N) is 1. The van der Waals surface area contributed by atoms with Gasteiger partial charge < -0.3 is 14.8 Å². The highest BCUT2D eigenvalue weighted by Crippen LogP contribution is 2.25. The SMILES string of the molecule is CCCCCCOc1ccc(NC(=O)COc2ccccc2[N+](=O)[O-])cc1. The third-order valence-electron chi connectivity index (χ3n) is 3.83. The molecule has 0 spiro atoms. The Balaban J connectivity index is 1.78. The molecule has 0 aliphatic rings. The van der Waals surface area contributed by atoms with Gasteiger partial charge in [-0.05, 0) is 36.8 Å². The topological polar surface area (TPSA) is 90.7 Å². The molecular formula is C20H24N2O5. The van der Waals surface area contributed by atoms with E-state index in [9.17, 15) is 14.9 Å². The van der Waals surface area contributed by atoms with E-state index in [-0.39, 0.29) is 18.0 Å². The molecule has 0 atom stereocenters. The normalized spacial score (nSPS) is 10.3. The maximum absolute atomic E-state index is 12.0. The lowest BCUT2D eigenvalue weighted by Gasteiger charge is -2.09. The van der Waals surface area contributed by atoms with Crippen LogP contribution in [-0.2, 0) is 4.79 Å². The summed E-state index contributed by atoms with van der Waals surface area (Å²) in [6.07, 6.45) is 4.58. The van der Waals surface area contributed by atoms with Gasteiger partial charge >= 0.3 is 5.69 Å². The van der Waals surface area contributed by atoms with Crippen LogP contribution < -0.4 is 14.8 Å². The summed E-state index contributed by atoms with van der Waals surface area (Å²) in [5.74, 6) is 0.409. The molecule has 7 nitrogen and oxygen atoms in total. The Bertz CT molecular complexity index is 746. The Labute approximate surface area is 158 Å². The molecule has 0 aliphatic heterocycles. The fourth-order valence-electron chi connectivity index (χ4n) is 2.42. The zero-order valence-electron chi connectivity index (χ0n) is 15.3. The standard InChI is InChI=1S/C20H24N2O5/c1-2-3-4-7-14-26-17-12-10-16(11-13-17)21-20(23)15-27-19-9-6-5-8-18(19)22(24)25/h5-6,8-13H,2-4,7,14-15H2,1H3,(H,21,23). The van der Waals surface area contributed by atoms with Crippen molar-refractivity contribution in [2.24, 2.45) is 0 Å². The van der Waals surface area contributed by atoms with Gasteiger partial charge in [0.05, 0.1) is 11.5 Å². The van der Waals surface area contributed by atoms with Crippen molar-refractivity contribution in [3.63, 3.8) is 0 Å². The second kappa shape index (κ2) is 10.8. The summed E-state index contributed by atoms with van der Waals surface area (Å²) in [4.78, 5) is 22.4. The van der Waals surface area contributed by atoms with Crippen LogP contribution in [-0.4, -0.2) is 24.0 Å². The molecule has 27 heavy (non-hydrogen) atoms. The molecule has 0 radical (unpaired) electrons. The summed E-state index contributed by atoms with van der Waals surface area (Å²) in [6.45, 7) is 2.52. The van der Waals surface area contributed by atoms with Crippen molar-refractivity contribution in [2.45, 2.75) is 32.6 Å². The number of benzene rings is 2. The second-order valence-corrected chi connectivity index (χ2v) is 6.00. The van der Waals surface area contributed by atoms with Crippen LogP contribution in [0, 0.1) is 10.1 Å². The third kappa shape index (κ3) is 6.97. The molecule has 0 bridgehead atoms. The van der Waals surface area contributed by atoms with Gasteiger partial charge in [0, 0.05) is 11.8 Å². The van der Waals surface area contributed by atoms with E-state index in [4.69, 9.17) is 9.47 Å². The highest BCUT2D eigenvalue weighted by molar-refractivity contribution is 5.91. The van der Waals surface area contributed by atoms with E-state index in [1.807, 2.05) is 0 Å². The van der Waals surface area contributed by atoms with Gasteiger partial charge in [0.15, 0.2) is 12.4 Å². The fourth-order valence-corrected chi connectivity index (χ4v) is 2.42. The van der Waals surface area contributed by atoms with E-state index in [0.29, 0.717) is 12.3 Å². The Morgan fingerprint density at radius 1 is 1.04 bits per heavy atom. The molecular weight excluding hydrogens is 348 g/mol. The number of hydrogen-bond donors (Lipinski definition) is 1. The van der Waals surface area contributed by atoms with Crippen LogP contribution in [0.25, 0.3) is 0 Å². The molecule has 0 saturated heterocycles. The average Bonchev–Trinajstić information content (AvgIpc) is 2.67. The van der Waals surface area contributed by atoms with E-state index in [2.05, 4.69) is 12.2 Å². The maximum Gasteiger partial charge on any atom is 0.310 e. The van der Waals surface area contributed by atoms with Crippen molar-refractivity contribution in [1.29, 1.82) is 0 Å². The average molecular weight is 372 g/mol. The summed E-state index contributed by atoms with van der Waals surface area (Å²) < 4.78 is 10.9. The molecule has 2 rings (SSSR count). The Hall–Kier alpha value is -3.09. The predicted molar refractivity (Wildman–Crippen MR) is 103 cm³/mol. The number of rotatable bonds is 11. The third-order valence-corrected chi connectivity index (χ3v) is 3.83. The molecule has 7 heteroatoms. The number of ether oxygens (including phenoxy) is 2. The van der Waals surface area contributed by atoms with Crippen LogP contribution in [0.1, 0.15) is 32.6 Å². The molecule has 0 aliphatic carbocycles. The van der Waals surface area contributed by atoms with Crippen molar-refractivity contribution in [1.82, 2.24) is 0 Å². The number of carbonyl (C=O) groups excluding carboxylic acids is 1. The van der Waals surface area contributed by atoms with Crippen LogP contribution in [0.5, 0.6) is 11.5 Å². The van der Waals surface area contributed by atoms with Crippen molar-refractivity contribution in [2.75, 3.05) is 18.5 Å². The quantitative estimate of drug-likeness (QED) is 0.354. The highest BCUT2D eigenvalue weighted by atomic mass is 16.6. The van der Waals surface area contributed by atoms with Crippen LogP contribution in [0.3, 0.4) is 0 Å². The molecule has 144 valence electrons. The van der Waals surface area contributed by atoms with Crippen molar-refractivity contribution >= 4 is 17.3 Å². The smallest absolute Gasteiger partial charge is 0.310 e. The predicted octanol–water partition coefficient (Wildman–Crippen LogP) is 4.57. The van der Waals surface area contributed by atoms with Crippen LogP contribution >= 0.6 is 0 Å². The first-order valence-electron chi connectivity index (χ1n) is 8.99. The zero-order chi connectivity index (χ0) is 19.5. The molecule has 0 fully saturated rings. The number of anilines is 1. The molecule has 0 unspecified atom stereocenters. The largest absolute Gasteiger partial charge is 0.494 e. The van der Waals surface area contributed by atoms with Gasteiger partial charge in [0.25, 0.3) is 5.91 Å². The van der Waals surface area contributed by atoms with E-state index < -0.39 is 10.8 Å². The summed E-state index contributed by atoms with van der Waals surface area (Å²) in [7, 11) is 0. The van der Waals surface area contributed by atoms with E-state index in [0.717, 1.165) is 18.6 Å². The molecule has 0 aromatic heterocycles. The second-order valence-electron chi connectivity index (χ2n) is 6.00. The first-order chi connectivity index (χ1) is 13.1. The molecule has 2 aromatic rings. The van der Waals surface area contributed by atoms with E-state index in [1.54, 1.807) is 36.4 Å². The van der Waals surface area contributed by atoms with Gasteiger partial charge in [-0.1, -0.05) is 38.3 Å². The van der Waals surface area contributed by atoms with Crippen molar-refractivity contribution in [3.05, 3.63) is 58.6 Å². The summed E-state index contributed by atoms with van der Waals surface area (Å²) >= 11 is 0. The highest BCUT2D eigenvalue weighted by Gasteiger charge is 2.14. The molecule has 2 aromatic carbocycles. The Morgan fingerprint density at radius 3 is 2.48 bits per heavy atom. The van der Waals surface area contributed by atoms with Gasteiger partial charge in [-0.2, -0.15) is 0 Å². The molecule has 0 heterocycles. The minimum Gasteiger partial charge on any atom is -0.494 e. The number of nitrogens with one attached hydrogen (secondary N) is 1. The Morgan fingerprint density at radius 2 is 1.78 bits per heavy atom. The lowest BCUT2D eigenvalue weighted by atomic mass is 10.2. The van der Waals surface area contributed by atoms with Gasteiger partial charge in [0.2, 0.25) is 0 Å². The van der Waals surface area contributed by atoms with Crippen molar-refractivity contribution in [3.8, 4) is 11.5 Å². The molecule has 0 saturated carbocycles. The van der Waals surface area contributed by atoms with Crippen LogP contribution in [0.15, 0.2) is 48.5 Å². The number of nitro benzene ring substituents is 1. The van der Waals surface area contributed by atoms with E-state index >= 15 is 0 Å². The first kappa shape index (κ1) is 20.2. The van der Waals surface area contributed by atoms with Crippen LogP contribution in [0.4, 0.5) is 11.4 Å². The van der Waals surface area contributed by atoms with Crippen molar-refractivity contribution < 1.29 is 19.2 Å². The van der Waals surface area contributed by atoms with Crippen LogP contribution in [0.2, 0.25) is 0 Å². The summed E-state index contributed by atoms with van der Waals surface area (Å²) in [6, 6.07) is 13.0. The number of para-hydroxylation sites is 2. The van der Waals surface area contributed by atoms with Gasteiger partial charge in [0.1, 0.15) is 5.75 Å². The summed E-state index contributed by atoms with van der Waals surface area (Å²) in [5.41, 5.74) is 0.426. The minimum atomic E-state index is -0.547. The number of unbranched alkanes of at least 4 members (excludes halogenated alkanes) is 3. The van der Waals surface area contributed by atoms with Gasteiger partial charge in [-0.3, -0.25) is 14.9 Å². The number of amides is 1. The Kier molecular flexibility index (Phi) is 8.09. The maximum atomic E-state index is 12.0. The minimum absolute atomic E-state index is 0.0597. The fraction of sp³-hybridized carbons (Fsp3) is 0.350. The van der Waals surface area contributed by atoms with Gasteiger partial charge in [-0.15, -0.1) is 0 Å². The lowest BCUT2D eigenvalue weighted by Crippen LogP contribution is -2.20. The number of nitro groups is 1. The lowest BCUT2D eigenvalue weighted by molar-refractivity contribution is -0.385. The van der Waals surface area contributed by atoms with Gasteiger partial charge in [-0.25, -0.2) is 0 Å². The number of carbonyl (C=O) groups is 1. The zero-order valence-corrected chi connectivity index (χ0v) is 15.3. The monoisotopic (exact) mass is 372 g/mol.